The molecule has 0 fully saturated rings. The highest BCUT2D eigenvalue weighted by molar-refractivity contribution is 9.10. The van der Waals surface area contributed by atoms with E-state index in [1.165, 1.54) is 18.2 Å². The van der Waals surface area contributed by atoms with Crippen LogP contribution in [-0.4, -0.2) is 17.3 Å². The van der Waals surface area contributed by atoms with Crippen LogP contribution in [0.1, 0.15) is 17.9 Å². The number of carboxylic acid groups (broad SMARTS) is 1. The first-order valence-electron chi connectivity index (χ1n) is 4.35. The molecule has 88 valence electrons. The van der Waals surface area contributed by atoms with Gasteiger partial charge in [0.2, 0.25) is 0 Å². The van der Waals surface area contributed by atoms with Crippen molar-refractivity contribution in [3.8, 4) is 0 Å². The first kappa shape index (κ1) is 13.0. The predicted octanol–water partition coefficient (Wildman–Crippen LogP) is 3.57. The van der Waals surface area contributed by atoms with E-state index in [-0.39, 0.29) is 5.56 Å². The fraction of sp³-hybridized carbons (Fsp3) is 0.300. The summed E-state index contributed by atoms with van der Waals surface area (Å²) < 4.78 is 37.0. The van der Waals surface area contributed by atoms with E-state index < -0.39 is 24.5 Å². The van der Waals surface area contributed by atoms with Gasteiger partial charge < -0.3 is 5.11 Å². The predicted molar refractivity (Wildman–Crippen MR) is 55.2 cm³/mol. The van der Waals surface area contributed by atoms with E-state index in [1.807, 2.05) is 0 Å². The third kappa shape index (κ3) is 3.52. The van der Waals surface area contributed by atoms with E-state index >= 15 is 0 Å². The third-order valence-corrected chi connectivity index (χ3v) is 2.74. The van der Waals surface area contributed by atoms with Gasteiger partial charge in [-0.2, -0.15) is 13.2 Å². The van der Waals surface area contributed by atoms with Crippen molar-refractivity contribution in [1.82, 2.24) is 0 Å². The molecule has 0 saturated heterocycles. The molecule has 0 spiro atoms. The second-order valence-electron chi connectivity index (χ2n) is 3.23. The summed E-state index contributed by atoms with van der Waals surface area (Å²) in [5.74, 6) is -3.06. The van der Waals surface area contributed by atoms with Crippen LogP contribution in [0.25, 0.3) is 0 Å². The summed E-state index contributed by atoms with van der Waals surface area (Å²) in [5, 5.41) is 8.79. The van der Waals surface area contributed by atoms with Gasteiger partial charge in [0.05, 0.1) is 12.3 Å². The number of hydrogen-bond donors (Lipinski definition) is 1. The first-order chi connectivity index (χ1) is 7.31. The molecule has 1 aromatic carbocycles. The van der Waals surface area contributed by atoms with Crippen molar-refractivity contribution in [2.24, 2.45) is 0 Å². The second kappa shape index (κ2) is 4.86. The number of carbonyl (C=O) groups is 1. The second-order valence-corrected chi connectivity index (χ2v) is 4.09. The highest BCUT2D eigenvalue weighted by atomic mass is 79.9. The van der Waals surface area contributed by atoms with Gasteiger partial charge in [-0.25, -0.2) is 0 Å². The monoisotopic (exact) mass is 296 g/mol. The molecule has 0 aliphatic heterocycles. The number of aliphatic carboxylic acids is 1. The Labute approximate surface area is 98.2 Å². The molecule has 0 amide bonds. The summed E-state index contributed by atoms with van der Waals surface area (Å²) in [4.78, 5) is 10.8. The van der Waals surface area contributed by atoms with Gasteiger partial charge in [0.15, 0.2) is 0 Å². The van der Waals surface area contributed by atoms with Crippen LogP contribution in [0.15, 0.2) is 28.7 Å². The lowest BCUT2D eigenvalue weighted by Gasteiger charge is -2.16. The van der Waals surface area contributed by atoms with Gasteiger partial charge in [0, 0.05) is 4.47 Å². The standard InChI is InChI=1S/C10H8BrF3O2/c11-8-4-2-1-3-6(8)7(9(15)16)5-10(12,13)14/h1-4,7H,5H2,(H,15,16)/t7-/m0/s1. The smallest absolute Gasteiger partial charge is 0.390 e. The Morgan fingerprint density at radius 1 is 1.38 bits per heavy atom. The zero-order chi connectivity index (χ0) is 12.3. The van der Waals surface area contributed by atoms with Crippen molar-refractivity contribution in [3.63, 3.8) is 0 Å². The Morgan fingerprint density at radius 2 is 1.94 bits per heavy atom. The van der Waals surface area contributed by atoms with Gasteiger partial charge in [0.25, 0.3) is 0 Å². The Balaban J connectivity index is 3.04. The Hall–Kier alpha value is -1.04. The van der Waals surface area contributed by atoms with E-state index in [0.717, 1.165) is 0 Å². The van der Waals surface area contributed by atoms with Crippen molar-refractivity contribution in [3.05, 3.63) is 34.3 Å². The van der Waals surface area contributed by atoms with Gasteiger partial charge in [0.1, 0.15) is 0 Å². The van der Waals surface area contributed by atoms with Gasteiger partial charge in [-0.15, -0.1) is 0 Å². The quantitative estimate of drug-likeness (QED) is 0.926. The molecule has 0 aliphatic carbocycles. The lowest BCUT2D eigenvalue weighted by atomic mass is 9.96. The van der Waals surface area contributed by atoms with Crippen LogP contribution >= 0.6 is 15.9 Å². The van der Waals surface area contributed by atoms with E-state index in [4.69, 9.17) is 5.11 Å². The molecule has 2 nitrogen and oxygen atoms in total. The van der Waals surface area contributed by atoms with E-state index in [9.17, 15) is 18.0 Å². The lowest BCUT2D eigenvalue weighted by molar-refractivity contribution is -0.157. The number of halogens is 4. The van der Waals surface area contributed by atoms with Crippen molar-refractivity contribution in [2.45, 2.75) is 18.5 Å². The molecule has 0 unspecified atom stereocenters. The van der Waals surface area contributed by atoms with Crippen LogP contribution in [0.2, 0.25) is 0 Å². The fourth-order valence-corrected chi connectivity index (χ4v) is 1.88. The molecule has 0 saturated carbocycles. The van der Waals surface area contributed by atoms with Gasteiger partial charge in [-0.05, 0) is 11.6 Å². The summed E-state index contributed by atoms with van der Waals surface area (Å²) in [6.45, 7) is 0. The molecule has 0 bridgehead atoms. The van der Waals surface area contributed by atoms with Crippen molar-refractivity contribution in [2.75, 3.05) is 0 Å². The molecular weight excluding hydrogens is 289 g/mol. The lowest BCUT2D eigenvalue weighted by Crippen LogP contribution is -2.20. The Kier molecular flexibility index (Phi) is 3.96. The molecule has 6 heteroatoms. The molecule has 0 radical (unpaired) electrons. The zero-order valence-electron chi connectivity index (χ0n) is 7.96. The van der Waals surface area contributed by atoms with Crippen LogP contribution < -0.4 is 0 Å². The molecule has 0 aliphatic rings. The van der Waals surface area contributed by atoms with Crippen LogP contribution in [0.3, 0.4) is 0 Å². The summed E-state index contributed by atoms with van der Waals surface area (Å²) in [7, 11) is 0. The molecule has 0 aromatic heterocycles. The summed E-state index contributed by atoms with van der Waals surface area (Å²) in [6.07, 6.45) is -5.87. The number of carboxylic acids is 1. The highest BCUT2D eigenvalue weighted by Gasteiger charge is 2.36. The maximum atomic E-state index is 12.2. The van der Waals surface area contributed by atoms with E-state index in [1.54, 1.807) is 6.07 Å². The SMILES string of the molecule is O=C(O)[C@@H](CC(F)(F)F)c1ccccc1Br. The maximum absolute atomic E-state index is 12.2. The van der Waals surface area contributed by atoms with Gasteiger partial charge in [-0.3, -0.25) is 4.79 Å². The highest BCUT2D eigenvalue weighted by Crippen LogP contribution is 2.34. The molecule has 1 N–H and O–H groups in total. The average molecular weight is 297 g/mol. The zero-order valence-corrected chi connectivity index (χ0v) is 9.55. The summed E-state index contributed by atoms with van der Waals surface area (Å²) >= 11 is 3.04. The topological polar surface area (TPSA) is 37.3 Å². The van der Waals surface area contributed by atoms with Gasteiger partial charge in [-0.1, -0.05) is 34.1 Å². The Bertz CT molecular complexity index is 390. The first-order valence-corrected chi connectivity index (χ1v) is 5.14. The van der Waals surface area contributed by atoms with Crippen LogP contribution in [0.4, 0.5) is 13.2 Å². The largest absolute Gasteiger partial charge is 0.481 e. The molecule has 16 heavy (non-hydrogen) atoms. The minimum Gasteiger partial charge on any atom is -0.481 e. The maximum Gasteiger partial charge on any atom is 0.390 e. The van der Waals surface area contributed by atoms with Crippen molar-refractivity contribution in [1.29, 1.82) is 0 Å². The van der Waals surface area contributed by atoms with Crippen LogP contribution in [-0.2, 0) is 4.79 Å². The van der Waals surface area contributed by atoms with Crippen LogP contribution in [0.5, 0.6) is 0 Å². The number of alkyl halides is 3. The number of rotatable bonds is 3. The summed E-state index contributed by atoms with van der Waals surface area (Å²) in [6, 6.07) is 6.00. The molecule has 1 aromatic rings. The molecular formula is C10H8BrF3O2. The third-order valence-electron chi connectivity index (χ3n) is 2.01. The molecule has 1 atom stereocenters. The fourth-order valence-electron chi connectivity index (χ4n) is 1.32. The number of benzene rings is 1. The summed E-state index contributed by atoms with van der Waals surface area (Å²) in [5.41, 5.74) is 0.132. The van der Waals surface area contributed by atoms with Crippen LogP contribution in [0, 0.1) is 0 Å². The minimum absolute atomic E-state index is 0.132. The Morgan fingerprint density at radius 3 is 2.38 bits per heavy atom. The van der Waals surface area contributed by atoms with E-state index in [2.05, 4.69) is 15.9 Å². The normalized spacial score (nSPS) is 13.5. The number of hydrogen-bond acceptors (Lipinski definition) is 1. The van der Waals surface area contributed by atoms with Gasteiger partial charge >= 0.3 is 12.1 Å². The molecule has 0 heterocycles. The van der Waals surface area contributed by atoms with E-state index in [0.29, 0.717) is 4.47 Å². The van der Waals surface area contributed by atoms with Crippen molar-refractivity contribution < 1.29 is 23.1 Å². The molecule has 1 rings (SSSR count). The minimum atomic E-state index is -4.50. The average Bonchev–Trinajstić information content (AvgIpc) is 2.13. The van der Waals surface area contributed by atoms with Crippen molar-refractivity contribution >= 4 is 21.9 Å².